The van der Waals surface area contributed by atoms with Crippen LogP contribution in [0.4, 0.5) is 0 Å². The molecule has 2 heterocycles. The topological polar surface area (TPSA) is 44.1 Å². The van der Waals surface area contributed by atoms with E-state index in [9.17, 15) is 4.79 Å². The molecule has 3 rings (SSSR count). The van der Waals surface area contributed by atoms with Crippen LogP contribution >= 0.6 is 0 Å². The molecule has 2 aromatic heterocycles. The first-order valence-corrected chi connectivity index (χ1v) is 5.91. The second-order valence-corrected chi connectivity index (χ2v) is 4.10. The van der Waals surface area contributed by atoms with Crippen LogP contribution in [0.25, 0.3) is 16.7 Å². The molecule has 94 valence electrons. The monoisotopic (exact) mass is 252 g/mol. The summed E-state index contributed by atoms with van der Waals surface area (Å²) in [6.45, 7) is 0. The Labute approximate surface area is 109 Å². The number of pyridine rings is 2. The van der Waals surface area contributed by atoms with E-state index in [1.54, 1.807) is 16.8 Å². The van der Waals surface area contributed by atoms with E-state index in [1.165, 1.54) is 7.11 Å². The number of hydrogen-bond acceptors (Lipinski definition) is 3. The number of para-hydroxylation sites is 1. The molecule has 0 bridgehead atoms. The summed E-state index contributed by atoms with van der Waals surface area (Å²) in [7, 11) is 1.49. The molecule has 0 radical (unpaired) electrons. The Morgan fingerprint density at radius 1 is 1.11 bits per heavy atom. The lowest BCUT2D eigenvalue weighted by molar-refractivity contribution is 0.407. The minimum absolute atomic E-state index is 0.186. The number of rotatable bonds is 2. The number of hydrogen-bond donors (Lipinski definition) is 0. The Morgan fingerprint density at radius 2 is 1.89 bits per heavy atom. The van der Waals surface area contributed by atoms with Gasteiger partial charge < -0.3 is 4.74 Å². The maximum atomic E-state index is 12.4. The van der Waals surface area contributed by atoms with Crippen molar-refractivity contribution in [2.24, 2.45) is 0 Å². The molecule has 4 heteroatoms. The van der Waals surface area contributed by atoms with Gasteiger partial charge in [-0.2, -0.15) is 0 Å². The highest BCUT2D eigenvalue weighted by molar-refractivity contribution is 5.77. The van der Waals surface area contributed by atoms with Gasteiger partial charge in [-0.3, -0.25) is 14.3 Å². The number of nitrogens with zero attached hydrogens (tertiary/aromatic N) is 2. The third-order valence-corrected chi connectivity index (χ3v) is 2.97. The van der Waals surface area contributed by atoms with E-state index >= 15 is 0 Å². The van der Waals surface area contributed by atoms with Crippen molar-refractivity contribution in [3.05, 3.63) is 65.1 Å². The number of aromatic nitrogens is 2. The SMILES string of the molecule is COc1cc2ncccc2n(-c2ccccc2)c1=O. The van der Waals surface area contributed by atoms with Crippen molar-refractivity contribution in [2.75, 3.05) is 7.11 Å². The number of fused-ring (bicyclic) bond motifs is 1. The first-order chi connectivity index (χ1) is 9.31. The normalized spacial score (nSPS) is 10.6. The molecule has 1 aromatic carbocycles. The van der Waals surface area contributed by atoms with Gasteiger partial charge in [0.25, 0.3) is 5.56 Å². The zero-order chi connectivity index (χ0) is 13.2. The number of ether oxygens (including phenoxy) is 1. The van der Waals surface area contributed by atoms with Crippen molar-refractivity contribution < 1.29 is 4.74 Å². The Balaban J connectivity index is 2.45. The molecule has 4 nitrogen and oxygen atoms in total. The van der Waals surface area contributed by atoms with Crippen LogP contribution in [-0.2, 0) is 0 Å². The smallest absolute Gasteiger partial charge is 0.298 e. The van der Waals surface area contributed by atoms with Crippen molar-refractivity contribution in [1.82, 2.24) is 9.55 Å². The number of benzene rings is 1. The number of methoxy groups -OCH3 is 1. The predicted molar refractivity (Wildman–Crippen MR) is 73.9 cm³/mol. The molecule has 3 aromatic rings. The molecule has 0 saturated carbocycles. The Hall–Kier alpha value is -2.62. The van der Waals surface area contributed by atoms with Crippen LogP contribution in [-0.4, -0.2) is 16.7 Å². The van der Waals surface area contributed by atoms with E-state index in [0.717, 1.165) is 16.7 Å². The highest BCUT2D eigenvalue weighted by Crippen LogP contribution is 2.18. The Kier molecular flexibility index (Phi) is 2.76. The van der Waals surface area contributed by atoms with Gasteiger partial charge in [-0.15, -0.1) is 0 Å². The maximum Gasteiger partial charge on any atom is 0.298 e. The summed E-state index contributed by atoms with van der Waals surface area (Å²) in [5, 5.41) is 0. The summed E-state index contributed by atoms with van der Waals surface area (Å²) >= 11 is 0. The van der Waals surface area contributed by atoms with Gasteiger partial charge in [0.15, 0.2) is 5.75 Å². The maximum absolute atomic E-state index is 12.4. The average Bonchev–Trinajstić information content (AvgIpc) is 2.47. The van der Waals surface area contributed by atoms with Gasteiger partial charge in [-0.05, 0) is 24.3 Å². The summed E-state index contributed by atoms with van der Waals surface area (Å²) in [6.07, 6.45) is 1.70. The van der Waals surface area contributed by atoms with Crippen LogP contribution in [0.5, 0.6) is 5.75 Å². The molecular weight excluding hydrogens is 240 g/mol. The fraction of sp³-hybridized carbons (Fsp3) is 0.0667. The van der Waals surface area contributed by atoms with Crippen LogP contribution < -0.4 is 10.3 Å². The first-order valence-electron chi connectivity index (χ1n) is 5.91. The first kappa shape index (κ1) is 11.5. The molecule has 0 aliphatic rings. The highest BCUT2D eigenvalue weighted by atomic mass is 16.5. The van der Waals surface area contributed by atoms with Crippen LogP contribution in [0.3, 0.4) is 0 Å². The summed E-state index contributed by atoms with van der Waals surface area (Å²) in [5.74, 6) is 0.287. The lowest BCUT2D eigenvalue weighted by atomic mass is 10.2. The minimum atomic E-state index is -0.186. The molecule has 0 N–H and O–H groups in total. The molecule has 0 amide bonds. The third kappa shape index (κ3) is 1.87. The van der Waals surface area contributed by atoms with Crippen molar-refractivity contribution in [3.63, 3.8) is 0 Å². The zero-order valence-corrected chi connectivity index (χ0v) is 10.4. The summed E-state index contributed by atoms with van der Waals surface area (Å²) in [5.41, 5.74) is 2.10. The fourth-order valence-corrected chi connectivity index (χ4v) is 2.09. The van der Waals surface area contributed by atoms with Gasteiger partial charge in [-0.25, -0.2) is 0 Å². The summed E-state index contributed by atoms with van der Waals surface area (Å²) in [4.78, 5) is 16.7. The lowest BCUT2D eigenvalue weighted by Crippen LogP contribution is -2.20. The zero-order valence-electron chi connectivity index (χ0n) is 10.4. The van der Waals surface area contributed by atoms with Gasteiger partial charge in [0, 0.05) is 18.0 Å². The van der Waals surface area contributed by atoms with E-state index in [2.05, 4.69) is 4.98 Å². The lowest BCUT2D eigenvalue weighted by Gasteiger charge is -2.11. The largest absolute Gasteiger partial charge is 0.491 e. The molecule has 19 heavy (non-hydrogen) atoms. The minimum Gasteiger partial charge on any atom is -0.491 e. The summed E-state index contributed by atoms with van der Waals surface area (Å²) < 4.78 is 6.75. The fourth-order valence-electron chi connectivity index (χ4n) is 2.09. The Bertz CT molecular complexity index is 779. The molecule has 0 saturated heterocycles. The van der Waals surface area contributed by atoms with E-state index in [1.807, 2.05) is 42.5 Å². The Morgan fingerprint density at radius 3 is 2.63 bits per heavy atom. The van der Waals surface area contributed by atoms with Gasteiger partial charge in [0.1, 0.15) is 0 Å². The molecule has 0 fully saturated rings. The predicted octanol–water partition coefficient (Wildman–Crippen LogP) is 2.39. The third-order valence-electron chi connectivity index (χ3n) is 2.97. The highest BCUT2D eigenvalue weighted by Gasteiger charge is 2.11. The molecule has 0 aliphatic carbocycles. The van der Waals surface area contributed by atoms with Crippen LogP contribution in [0.15, 0.2) is 59.5 Å². The average molecular weight is 252 g/mol. The summed E-state index contributed by atoms with van der Waals surface area (Å²) in [6, 6.07) is 14.8. The molecule has 0 aliphatic heterocycles. The van der Waals surface area contributed by atoms with Crippen molar-refractivity contribution >= 4 is 11.0 Å². The van der Waals surface area contributed by atoms with Gasteiger partial charge in [0.2, 0.25) is 0 Å². The molecule has 0 spiro atoms. The van der Waals surface area contributed by atoms with Gasteiger partial charge in [0.05, 0.1) is 18.1 Å². The molecule has 0 unspecified atom stereocenters. The second-order valence-electron chi connectivity index (χ2n) is 4.10. The van der Waals surface area contributed by atoms with Crippen LogP contribution in [0, 0.1) is 0 Å². The quantitative estimate of drug-likeness (QED) is 0.703. The van der Waals surface area contributed by atoms with Crippen molar-refractivity contribution in [1.29, 1.82) is 0 Å². The van der Waals surface area contributed by atoms with Crippen molar-refractivity contribution in [3.8, 4) is 11.4 Å². The van der Waals surface area contributed by atoms with Gasteiger partial charge in [-0.1, -0.05) is 18.2 Å². The van der Waals surface area contributed by atoms with E-state index in [-0.39, 0.29) is 11.3 Å². The van der Waals surface area contributed by atoms with Crippen molar-refractivity contribution in [2.45, 2.75) is 0 Å². The van der Waals surface area contributed by atoms with Crippen LogP contribution in [0.2, 0.25) is 0 Å². The second kappa shape index (κ2) is 4.57. The van der Waals surface area contributed by atoms with Gasteiger partial charge >= 0.3 is 0 Å². The van der Waals surface area contributed by atoms with E-state index < -0.39 is 0 Å². The van der Waals surface area contributed by atoms with Crippen LogP contribution in [0.1, 0.15) is 0 Å². The molecular formula is C15H12N2O2. The van der Waals surface area contributed by atoms with E-state index in [4.69, 9.17) is 4.74 Å². The van der Waals surface area contributed by atoms with E-state index in [0.29, 0.717) is 0 Å². The molecule has 0 atom stereocenters. The standard InChI is InChI=1S/C15H12N2O2/c1-19-14-10-12-13(8-5-9-16-12)17(15(14)18)11-6-3-2-4-7-11/h2-10H,1H3.